The van der Waals surface area contributed by atoms with Gasteiger partial charge in [0, 0.05) is 18.5 Å². The van der Waals surface area contributed by atoms with Gasteiger partial charge in [-0.05, 0) is 39.0 Å². The highest BCUT2D eigenvalue weighted by Gasteiger charge is 2.33. The van der Waals surface area contributed by atoms with E-state index in [2.05, 4.69) is 11.8 Å². The Morgan fingerprint density at radius 1 is 1.25 bits per heavy atom. The highest BCUT2D eigenvalue weighted by Crippen LogP contribution is 2.30. The zero-order valence-electron chi connectivity index (χ0n) is 7.75. The standard InChI is InChI=1S/C10H17NO/c1-8-4-2-5-9-6-3-7-10(12)11(8)9/h8-9H,2-7H2,1H3/t8-,9+/m0/s1. The minimum absolute atomic E-state index is 0.401. The first-order valence-electron chi connectivity index (χ1n) is 5.10. The first-order valence-corrected chi connectivity index (χ1v) is 5.10. The molecule has 0 aromatic heterocycles. The molecule has 2 saturated heterocycles. The topological polar surface area (TPSA) is 20.3 Å². The monoisotopic (exact) mass is 167 g/mol. The summed E-state index contributed by atoms with van der Waals surface area (Å²) in [4.78, 5) is 13.7. The molecule has 2 heteroatoms. The number of piperidine rings is 2. The molecular formula is C10H17NO. The molecule has 2 fully saturated rings. The Hall–Kier alpha value is -0.530. The SMILES string of the molecule is C[C@H]1CCC[C@@H]2CCCC(=O)N21. The minimum Gasteiger partial charge on any atom is -0.337 e. The average molecular weight is 167 g/mol. The molecule has 1 amide bonds. The van der Waals surface area contributed by atoms with Crippen molar-refractivity contribution < 1.29 is 4.79 Å². The fourth-order valence-corrected chi connectivity index (χ4v) is 2.64. The predicted octanol–water partition coefficient (Wildman–Crippen LogP) is 1.94. The van der Waals surface area contributed by atoms with Crippen molar-refractivity contribution >= 4 is 5.91 Å². The Morgan fingerprint density at radius 2 is 2.00 bits per heavy atom. The Balaban J connectivity index is 2.12. The zero-order chi connectivity index (χ0) is 8.55. The van der Waals surface area contributed by atoms with Crippen LogP contribution >= 0.6 is 0 Å². The van der Waals surface area contributed by atoms with Crippen LogP contribution in [0.3, 0.4) is 0 Å². The van der Waals surface area contributed by atoms with Crippen LogP contribution in [0.5, 0.6) is 0 Å². The van der Waals surface area contributed by atoms with E-state index in [0.29, 0.717) is 18.0 Å². The average Bonchev–Trinajstić information content (AvgIpc) is 2.04. The number of rotatable bonds is 0. The minimum atomic E-state index is 0.401. The first kappa shape index (κ1) is 8.09. The molecule has 2 nitrogen and oxygen atoms in total. The third kappa shape index (κ3) is 1.23. The van der Waals surface area contributed by atoms with Gasteiger partial charge in [-0.25, -0.2) is 0 Å². The van der Waals surface area contributed by atoms with E-state index in [1.54, 1.807) is 0 Å². The number of hydrogen-bond acceptors (Lipinski definition) is 1. The van der Waals surface area contributed by atoms with Crippen LogP contribution in [-0.4, -0.2) is 22.9 Å². The molecule has 0 N–H and O–H groups in total. The second-order valence-electron chi connectivity index (χ2n) is 4.13. The van der Waals surface area contributed by atoms with E-state index in [4.69, 9.17) is 0 Å². The second-order valence-corrected chi connectivity index (χ2v) is 4.13. The fourth-order valence-electron chi connectivity index (χ4n) is 2.64. The third-order valence-corrected chi connectivity index (χ3v) is 3.24. The molecule has 0 aliphatic carbocycles. The number of carbonyl (C=O) groups excluding carboxylic acids is 1. The predicted molar refractivity (Wildman–Crippen MR) is 47.8 cm³/mol. The van der Waals surface area contributed by atoms with E-state index >= 15 is 0 Å². The van der Waals surface area contributed by atoms with E-state index in [0.717, 1.165) is 12.8 Å². The Labute approximate surface area is 73.9 Å². The largest absolute Gasteiger partial charge is 0.337 e. The highest BCUT2D eigenvalue weighted by atomic mass is 16.2. The molecular weight excluding hydrogens is 150 g/mol. The van der Waals surface area contributed by atoms with E-state index in [1.807, 2.05) is 0 Å². The summed E-state index contributed by atoms with van der Waals surface area (Å²) in [7, 11) is 0. The zero-order valence-corrected chi connectivity index (χ0v) is 7.75. The second kappa shape index (κ2) is 3.08. The normalized spacial score (nSPS) is 36.4. The lowest BCUT2D eigenvalue weighted by Gasteiger charge is -2.43. The maximum Gasteiger partial charge on any atom is 0.223 e. The molecule has 0 bridgehead atoms. The van der Waals surface area contributed by atoms with E-state index < -0.39 is 0 Å². The number of hydrogen-bond donors (Lipinski definition) is 0. The van der Waals surface area contributed by atoms with E-state index in [1.165, 1.54) is 25.7 Å². The van der Waals surface area contributed by atoms with Crippen molar-refractivity contribution in [1.82, 2.24) is 4.90 Å². The summed E-state index contributed by atoms with van der Waals surface area (Å²) < 4.78 is 0. The summed E-state index contributed by atoms with van der Waals surface area (Å²) in [5, 5.41) is 0. The van der Waals surface area contributed by atoms with Gasteiger partial charge in [0.2, 0.25) is 5.91 Å². The van der Waals surface area contributed by atoms with Gasteiger partial charge in [0.05, 0.1) is 0 Å². The first-order chi connectivity index (χ1) is 5.79. The van der Waals surface area contributed by atoms with Crippen molar-refractivity contribution in [2.24, 2.45) is 0 Å². The van der Waals surface area contributed by atoms with Crippen LogP contribution in [0.2, 0.25) is 0 Å². The van der Waals surface area contributed by atoms with Crippen molar-refractivity contribution in [2.75, 3.05) is 0 Å². The van der Waals surface area contributed by atoms with Gasteiger partial charge in [-0.2, -0.15) is 0 Å². The van der Waals surface area contributed by atoms with Gasteiger partial charge >= 0.3 is 0 Å². The van der Waals surface area contributed by atoms with Crippen molar-refractivity contribution in [1.29, 1.82) is 0 Å². The molecule has 2 rings (SSSR count). The van der Waals surface area contributed by atoms with Crippen molar-refractivity contribution in [3.63, 3.8) is 0 Å². The van der Waals surface area contributed by atoms with Gasteiger partial charge in [-0.1, -0.05) is 0 Å². The third-order valence-electron chi connectivity index (χ3n) is 3.24. The van der Waals surface area contributed by atoms with Crippen LogP contribution in [-0.2, 0) is 4.79 Å². The van der Waals surface area contributed by atoms with Crippen molar-refractivity contribution in [2.45, 2.75) is 57.5 Å². The quantitative estimate of drug-likeness (QED) is 0.540. The highest BCUT2D eigenvalue weighted by molar-refractivity contribution is 5.77. The maximum absolute atomic E-state index is 11.6. The van der Waals surface area contributed by atoms with Crippen LogP contribution < -0.4 is 0 Å². The van der Waals surface area contributed by atoms with Crippen LogP contribution in [0, 0.1) is 0 Å². The number of amides is 1. The molecule has 12 heavy (non-hydrogen) atoms. The smallest absolute Gasteiger partial charge is 0.223 e. The van der Waals surface area contributed by atoms with Crippen LogP contribution in [0.15, 0.2) is 0 Å². The molecule has 0 aromatic carbocycles. The summed E-state index contributed by atoms with van der Waals surface area (Å²) in [6.07, 6.45) is 6.93. The Kier molecular flexibility index (Phi) is 2.07. The van der Waals surface area contributed by atoms with Crippen LogP contribution in [0.1, 0.15) is 45.4 Å². The van der Waals surface area contributed by atoms with Crippen LogP contribution in [0.4, 0.5) is 0 Å². The summed E-state index contributed by atoms with van der Waals surface area (Å²) in [5.74, 6) is 0.401. The Bertz CT molecular complexity index is 188. The Morgan fingerprint density at radius 3 is 2.75 bits per heavy atom. The number of nitrogens with zero attached hydrogens (tertiary/aromatic N) is 1. The molecule has 0 saturated carbocycles. The molecule has 0 unspecified atom stereocenters. The van der Waals surface area contributed by atoms with Gasteiger partial charge in [-0.15, -0.1) is 0 Å². The molecule has 0 radical (unpaired) electrons. The summed E-state index contributed by atoms with van der Waals surface area (Å²) in [6.45, 7) is 2.19. The van der Waals surface area contributed by atoms with Crippen molar-refractivity contribution in [3.05, 3.63) is 0 Å². The van der Waals surface area contributed by atoms with Gasteiger partial charge in [0.15, 0.2) is 0 Å². The number of fused-ring (bicyclic) bond motifs is 1. The lowest BCUT2D eigenvalue weighted by Crippen LogP contribution is -2.51. The summed E-state index contributed by atoms with van der Waals surface area (Å²) in [6, 6.07) is 1.10. The van der Waals surface area contributed by atoms with Gasteiger partial charge < -0.3 is 4.90 Å². The van der Waals surface area contributed by atoms with Gasteiger partial charge in [-0.3, -0.25) is 4.79 Å². The number of carbonyl (C=O) groups is 1. The van der Waals surface area contributed by atoms with E-state index in [9.17, 15) is 4.79 Å². The molecule has 2 atom stereocenters. The fraction of sp³-hybridized carbons (Fsp3) is 0.900. The van der Waals surface area contributed by atoms with Gasteiger partial charge in [0.25, 0.3) is 0 Å². The molecule has 2 heterocycles. The molecule has 68 valence electrons. The van der Waals surface area contributed by atoms with Crippen LogP contribution in [0.25, 0.3) is 0 Å². The maximum atomic E-state index is 11.6. The van der Waals surface area contributed by atoms with Crippen molar-refractivity contribution in [3.8, 4) is 0 Å². The lowest BCUT2D eigenvalue weighted by molar-refractivity contribution is -0.141. The summed E-state index contributed by atoms with van der Waals surface area (Å²) >= 11 is 0. The lowest BCUT2D eigenvalue weighted by atomic mass is 9.89. The molecule has 0 spiro atoms. The molecule has 2 aliphatic rings. The van der Waals surface area contributed by atoms with Gasteiger partial charge in [0.1, 0.15) is 0 Å². The molecule has 2 aliphatic heterocycles. The van der Waals surface area contributed by atoms with E-state index in [-0.39, 0.29) is 0 Å². The molecule has 0 aromatic rings. The summed E-state index contributed by atoms with van der Waals surface area (Å²) in [5.41, 5.74) is 0.